The van der Waals surface area contributed by atoms with Crippen LogP contribution < -0.4 is 11.1 Å². The van der Waals surface area contributed by atoms with Gasteiger partial charge >= 0.3 is 0 Å². The number of benzene rings is 2. The molecule has 2 aliphatic rings. The van der Waals surface area contributed by atoms with Gasteiger partial charge < -0.3 is 16.0 Å². The van der Waals surface area contributed by atoms with Crippen molar-refractivity contribution in [1.29, 1.82) is 0 Å². The van der Waals surface area contributed by atoms with Gasteiger partial charge in [-0.3, -0.25) is 19.2 Å². The van der Waals surface area contributed by atoms with Gasteiger partial charge in [0, 0.05) is 45.7 Å². The number of hydrogen-bond donors (Lipinski definition) is 2. The summed E-state index contributed by atoms with van der Waals surface area (Å²) in [5, 5.41) is 7.72. The van der Waals surface area contributed by atoms with Crippen molar-refractivity contribution < 1.29 is 23.6 Å². The molecule has 15 heteroatoms. The van der Waals surface area contributed by atoms with Crippen molar-refractivity contribution in [1.82, 2.24) is 29.6 Å². The summed E-state index contributed by atoms with van der Waals surface area (Å²) >= 11 is 7.54. The van der Waals surface area contributed by atoms with Gasteiger partial charge in [-0.1, -0.05) is 23.7 Å². The molecule has 3 amide bonds. The Morgan fingerprint density at radius 2 is 1.87 bits per heavy atom. The summed E-state index contributed by atoms with van der Waals surface area (Å²) in [4.78, 5) is 66.1. The Kier molecular flexibility index (Phi) is 7.56. The highest BCUT2D eigenvalue weighted by Crippen LogP contribution is 2.48. The highest BCUT2D eigenvalue weighted by atomic mass is 35.5. The van der Waals surface area contributed by atoms with Gasteiger partial charge in [0.15, 0.2) is 22.9 Å². The minimum absolute atomic E-state index is 0.0195. The molecular formula is C32H26ClFN8O4S. The molecule has 1 aliphatic heterocycles. The van der Waals surface area contributed by atoms with Crippen molar-refractivity contribution in [3.8, 4) is 21.7 Å². The van der Waals surface area contributed by atoms with Crippen molar-refractivity contribution in [2.75, 3.05) is 5.32 Å². The minimum atomic E-state index is -0.851. The van der Waals surface area contributed by atoms with E-state index in [0.717, 1.165) is 6.42 Å². The first-order valence-corrected chi connectivity index (χ1v) is 15.9. The number of carbonyl (C=O) groups excluding carboxylic acids is 4. The maximum Gasteiger partial charge on any atom is 0.270 e. The molecule has 3 atom stereocenters. The zero-order valence-corrected chi connectivity index (χ0v) is 26.6. The van der Waals surface area contributed by atoms with Crippen LogP contribution in [0.25, 0.3) is 32.0 Å². The maximum absolute atomic E-state index is 15.8. The average Bonchev–Trinajstić information content (AvgIpc) is 3.33. The lowest BCUT2D eigenvalue weighted by atomic mass is 10.00. The third kappa shape index (κ3) is 5.52. The molecule has 47 heavy (non-hydrogen) atoms. The van der Waals surface area contributed by atoms with Crippen molar-refractivity contribution in [3.63, 3.8) is 0 Å². The van der Waals surface area contributed by atoms with Crippen LogP contribution in [0.1, 0.15) is 46.4 Å². The molecule has 3 N–H and O–H groups in total. The number of rotatable bonds is 8. The zero-order valence-electron chi connectivity index (χ0n) is 25.0. The molecule has 0 spiro atoms. The number of aromatic nitrogens is 5. The topological polar surface area (TPSA) is 166 Å². The number of ketones is 1. The van der Waals surface area contributed by atoms with Gasteiger partial charge in [-0.2, -0.15) is 5.10 Å². The van der Waals surface area contributed by atoms with Crippen molar-refractivity contribution in [3.05, 3.63) is 76.7 Å². The van der Waals surface area contributed by atoms with Crippen molar-refractivity contribution >= 4 is 62.5 Å². The predicted octanol–water partition coefficient (Wildman–Crippen LogP) is 4.65. The number of carbonyl (C=O) groups is 4. The Labute approximate surface area is 275 Å². The Bertz CT molecular complexity index is 2130. The van der Waals surface area contributed by atoms with E-state index in [1.54, 1.807) is 31.5 Å². The number of aryl methyl sites for hydroxylation is 1. The SMILES string of the molecule is CC(=O)c1ccc(Cl)c(-c2cccc(NC(=O)[C@@H]3CC4C[C@H]4N3C(=O)Cn3nc(C(N)=O)c4sc(-c5cnc(C)nc5)nc43)c2F)c1. The smallest absolute Gasteiger partial charge is 0.270 e. The summed E-state index contributed by atoms with van der Waals surface area (Å²) in [5.74, 6) is -1.89. The molecule has 238 valence electrons. The Morgan fingerprint density at radius 1 is 1.11 bits per heavy atom. The number of thiazole rings is 1. The first-order chi connectivity index (χ1) is 22.5. The fourth-order valence-corrected chi connectivity index (χ4v) is 7.26. The lowest BCUT2D eigenvalue weighted by molar-refractivity contribution is -0.138. The lowest BCUT2D eigenvalue weighted by Gasteiger charge is -2.27. The molecule has 4 heterocycles. The number of anilines is 1. The lowest BCUT2D eigenvalue weighted by Crippen LogP contribution is -2.46. The van der Waals surface area contributed by atoms with E-state index in [0.29, 0.717) is 44.3 Å². The van der Waals surface area contributed by atoms with E-state index in [1.807, 2.05) is 0 Å². The van der Waals surface area contributed by atoms with E-state index in [4.69, 9.17) is 17.3 Å². The number of likely N-dealkylation sites (tertiary alicyclic amines) is 1. The second-order valence-electron chi connectivity index (χ2n) is 11.6. The molecule has 12 nitrogen and oxygen atoms in total. The number of nitrogens with zero attached hydrogens (tertiary/aromatic N) is 6. The number of halogens is 2. The van der Waals surface area contributed by atoms with Gasteiger partial charge in [0.1, 0.15) is 28.1 Å². The van der Waals surface area contributed by atoms with E-state index in [1.165, 1.54) is 52.1 Å². The van der Waals surface area contributed by atoms with Crippen LogP contribution in [0.5, 0.6) is 0 Å². The van der Waals surface area contributed by atoms with Gasteiger partial charge in [-0.15, -0.1) is 11.3 Å². The number of hydrogen-bond acceptors (Lipinski definition) is 9. The molecule has 5 aromatic rings. The van der Waals surface area contributed by atoms with Crippen LogP contribution in [-0.4, -0.2) is 65.2 Å². The van der Waals surface area contributed by atoms with E-state index in [-0.39, 0.29) is 46.3 Å². The zero-order chi connectivity index (χ0) is 33.1. The number of Topliss-reactive ketones (excluding diaryl/α,β-unsaturated/α-hetero) is 1. The predicted molar refractivity (Wildman–Crippen MR) is 172 cm³/mol. The van der Waals surface area contributed by atoms with Crippen molar-refractivity contribution in [2.45, 2.75) is 45.3 Å². The largest absolute Gasteiger partial charge is 0.364 e. The molecular weight excluding hydrogens is 647 g/mol. The highest BCUT2D eigenvalue weighted by Gasteiger charge is 2.56. The molecule has 7 rings (SSSR count). The van der Waals surface area contributed by atoms with E-state index in [9.17, 15) is 19.2 Å². The monoisotopic (exact) mass is 672 g/mol. The molecule has 1 saturated heterocycles. The highest BCUT2D eigenvalue weighted by molar-refractivity contribution is 7.22. The number of amides is 3. The average molecular weight is 673 g/mol. The first-order valence-electron chi connectivity index (χ1n) is 14.7. The number of fused-ring (bicyclic) bond motifs is 2. The number of primary amides is 1. The van der Waals surface area contributed by atoms with E-state index in [2.05, 4.69) is 25.4 Å². The van der Waals surface area contributed by atoms with Crippen LogP contribution in [0, 0.1) is 18.7 Å². The summed E-state index contributed by atoms with van der Waals surface area (Å²) in [5.41, 5.74) is 7.23. The standard InChI is InChI=1S/C32H26ClFN8O4S/c1-14(43)16-6-7-21(33)20(8-16)19-4-3-5-22(26(19)34)38-31(46)24-10-17-9-23(17)42(24)25(44)13-41-30-28(27(40-41)29(35)45)47-32(39-30)18-11-36-15(2)37-12-18/h3-8,11-12,17,23-24H,9-10,13H2,1-2H3,(H2,35,45)(H,38,46)/t17?,23-,24+/m1/s1. The molecule has 2 aromatic carbocycles. The fraction of sp³-hybridized carbons (Fsp3) is 0.250. The summed E-state index contributed by atoms with van der Waals surface area (Å²) in [6.45, 7) is 2.87. The van der Waals surface area contributed by atoms with E-state index < -0.39 is 29.6 Å². The molecule has 1 unspecified atom stereocenters. The number of nitrogens with one attached hydrogen (secondary N) is 1. The third-order valence-corrected chi connectivity index (χ3v) is 9.88. The Balaban J connectivity index is 1.14. The summed E-state index contributed by atoms with van der Waals surface area (Å²) in [7, 11) is 0. The quantitative estimate of drug-likeness (QED) is 0.225. The maximum atomic E-state index is 15.8. The molecule has 1 aliphatic carbocycles. The van der Waals surface area contributed by atoms with Crippen LogP contribution in [0.2, 0.25) is 5.02 Å². The number of nitrogens with two attached hydrogens (primary N) is 1. The normalized spacial score (nSPS) is 18.3. The van der Waals surface area contributed by atoms with Gasteiger partial charge in [-0.05, 0) is 56.9 Å². The second kappa shape index (κ2) is 11.6. The van der Waals surface area contributed by atoms with Crippen LogP contribution in [0.15, 0.2) is 48.8 Å². The van der Waals surface area contributed by atoms with Gasteiger partial charge in [0.2, 0.25) is 11.8 Å². The first kappa shape index (κ1) is 30.6. The third-order valence-electron chi connectivity index (χ3n) is 8.45. The van der Waals surface area contributed by atoms with E-state index >= 15 is 4.39 Å². The summed E-state index contributed by atoms with van der Waals surface area (Å²) < 4.78 is 17.5. The Morgan fingerprint density at radius 3 is 2.60 bits per heavy atom. The van der Waals surface area contributed by atoms with Crippen LogP contribution in [0.3, 0.4) is 0 Å². The Hall–Kier alpha value is -5.08. The van der Waals surface area contributed by atoms with Gasteiger partial charge in [0.05, 0.1) is 5.69 Å². The molecule has 3 aromatic heterocycles. The fourth-order valence-electron chi connectivity index (χ4n) is 6.01. The summed E-state index contributed by atoms with van der Waals surface area (Å²) in [6.07, 6.45) is 4.40. The molecule has 1 saturated carbocycles. The van der Waals surface area contributed by atoms with Crippen molar-refractivity contribution in [2.24, 2.45) is 11.7 Å². The molecule has 2 fully saturated rings. The van der Waals surface area contributed by atoms with Crippen LogP contribution >= 0.6 is 22.9 Å². The van der Waals surface area contributed by atoms with Gasteiger partial charge in [-0.25, -0.2) is 24.0 Å². The number of piperidine rings is 1. The minimum Gasteiger partial charge on any atom is -0.364 e. The molecule has 0 bridgehead atoms. The van der Waals surface area contributed by atoms with Crippen LogP contribution in [-0.2, 0) is 16.1 Å². The van der Waals surface area contributed by atoms with Gasteiger partial charge in [0.25, 0.3) is 5.91 Å². The second-order valence-corrected chi connectivity index (χ2v) is 13.0. The summed E-state index contributed by atoms with van der Waals surface area (Å²) in [6, 6.07) is 8.11. The molecule has 0 radical (unpaired) electrons. The van der Waals surface area contributed by atoms with Crippen LogP contribution in [0.4, 0.5) is 10.1 Å².